The van der Waals surface area contributed by atoms with Crippen LogP contribution in [-0.4, -0.2) is 38.8 Å². The minimum atomic E-state index is -0.481. The smallest absolute Gasteiger partial charge is 0.323 e. The number of carbonyl (C=O) groups excluding carboxylic acids is 1. The van der Waals surface area contributed by atoms with Gasteiger partial charge in [0.05, 0.1) is 5.69 Å². The summed E-state index contributed by atoms with van der Waals surface area (Å²) in [6.45, 7) is 6.19. The summed E-state index contributed by atoms with van der Waals surface area (Å²) >= 11 is 0. The first-order valence-corrected chi connectivity index (χ1v) is 7.87. The number of H-pyrrole nitrogens is 1. The lowest BCUT2D eigenvalue weighted by atomic mass is 9.92. The highest BCUT2D eigenvalue weighted by Crippen LogP contribution is 2.24. The van der Waals surface area contributed by atoms with E-state index >= 15 is 0 Å². The van der Waals surface area contributed by atoms with Crippen molar-refractivity contribution in [3.05, 3.63) is 34.4 Å². The fraction of sp³-hybridized carbons (Fsp3) is 0.562. The monoisotopic (exact) mass is 318 g/mol. The van der Waals surface area contributed by atoms with E-state index in [1.807, 2.05) is 20.8 Å². The van der Waals surface area contributed by atoms with Gasteiger partial charge in [-0.15, -0.1) is 0 Å². The Morgan fingerprint density at radius 1 is 1.39 bits per heavy atom. The molecule has 0 aliphatic carbocycles. The molecule has 2 atom stereocenters. The van der Waals surface area contributed by atoms with E-state index in [0.29, 0.717) is 18.6 Å². The maximum Gasteiger partial charge on any atom is 0.323 e. The lowest BCUT2D eigenvalue weighted by Gasteiger charge is -2.30. The molecule has 7 nitrogen and oxygen atoms in total. The van der Waals surface area contributed by atoms with Crippen LogP contribution in [0, 0.1) is 0 Å². The van der Waals surface area contributed by atoms with Crippen molar-refractivity contribution in [2.24, 2.45) is 0 Å². The number of piperidine rings is 1. The number of nitrogens with one attached hydrogen (secondary N) is 2. The van der Waals surface area contributed by atoms with Gasteiger partial charge in [0.2, 0.25) is 0 Å². The Morgan fingerprint density at radius 3 is 2.83 bits per heavy atom. The van der Waals surface area contributed by atoms with Crippen LogP contribution < -0.4 is 10.9 Å². The molecule has 2 aromatic rings. The molecule has 0 amide bonds. The first-order valence-electron chi connectivity index (χ1n) is 7.87. The highest BCUT2D eigenvalue weighted by Gasteiger charge is 2.30. The molecule has 3 rings (SSSR count). The van der Waals surface area contributed by atoms with Crippen molar-refractivity contribution in [1.29, 1.82) is 0 Å². The number of fused-ring (bicyclic) bond motifs is 1. The second-order valence-electron chi connectivity index (χ2n) is 6.94. The molecule has 2 N–H and O–H groups in total. The standard InChI is InChI=1S/C16H22N4O3/c1-16(2,3)23-15(22)11-5-4-10(9-17-11)12-8-14(21)20-13(19-12)6-7-18-20/h6-8,10-11,17-18H,4-5,9H2,1-3H3. The summed E-state index contributed by atoms with van der Waals surface area (Å²) in [4.78, 5) is 28.6. The van der Waals surface area contributed by atoms with Gasteiger partial charge in [0.25, 0.3) is 5.56 Å². The Kier molecular flexibility index (Phi) is 3.97. The second kappa shape index (κ2) is 5.81. The zero-order chi connectivity index (χ0) is 16.6. The molecule has 3 heterocycles. The molecule has 2 aromatic heterocycles. The van der Waals surface area contributed by atoms with Gasteiger partial charge in [-0.05, 0) is 33.6 Å². The summed E-state index contributed by atoms with van der Waals surface area (Å²) in [6.07, 6.45) is 3.16. The molecule has 0 spiro atoms. The number of ether oxygens (including phenoxy) is 1. The number of aromatic amines is 1. The molecule has 0 saturated carbocycles. The van der Waals surface area contributed by atoms with E-state index in [9.17, 15) is 9.59 Å². The molecule has 7 heteroatoms. The van der Waals surface area contributed by atoms with Crippen LogP contribution in [-0.2, 0) is 9.53 Å². The molecular weight excluding hydrogens is 296 g/mol. The Bertz CT molecular complexity index is 763. The largest absolute Gasteiger partial charge is 0.459 e. The fourth-order valence-electron chi connectivity index (χ4n) is 2.84. The van der Waals surface area contributed by atoms with Gasteiger partial charge in [-0.2, -0.15) is 0 Å². The minimum Gasteiger partial charge on any atom is -0.459 e. The van der Waals surface area contributed by atoms with Crippen molar-refractivity contribution >= 4 is 11.6 Å². The summed E-state index contributed by atoms with van der Waals surface area (Å²) in [7, 11) is 0. The third-order valence-corrected chi connectivity index (χ3v) is 3.92. The van der Waals surface area contributed by atoms with E-state index in [4.69, 9.17) is 4.74 Å². The maximum absolute atomic E-state index is 12.1. The van der Waals surface area contributed by atoms with Crippen molar-refractivity contribution < 1.29 is 9.53 Å². The molecule has 1 aliphatic rings. The SMILES string of the molecule is CC(C)(C)OC(=O)C1CCC(c2cc(=O)n3[nH]ccc3n2)CN1. The first-order chi connectivity index (χ1) is 10.8. The van der Waals surface area contributed by atoms with Gasteiger partial charge in [-0.25, -0.2) is 9.50 Å². The summed E-state index contributed by atoms with van der Waals surface area (Å²) in [5.41, 5.74) is 0.779. The van der Waals surface area contributed by atoms with Gasteiger partial charge in [0.15, 0.2) is 5.65 Å². The van der Waals surface area contributed by atoms with Crippen LogP contribution in [0.5, 0.6) is 0 Å². The van der Waals surface area contributed by atoms with Crippen LogP contribution in [0.15, 0.2) is 23.1 Å². The lowest BCUT2D eigenvalue weighted by Crippen LogP contribution is -2.46. The molecular formula is C16H22N4O3. The third-order valence-electron chi connectivity index (χ3n) is 3.92. The minimum absolute atomic E-state index is 0.121. The van der Waals surface area contributed by atoms with E-state index < -0.39 is 5.60 Å². The summed E-state index contributed by atoms with van der Waals surface area (Å²) < 4.78 is 6.82. The Morgan fingerprint density at radius 2 is 2.17 bits per heavy atom. The van der Waals surface area contributed by atoms with Gasteiger partial charge in [0.1, 0.15) is 11.6 Å². The van der Waals surface area contributed by atoms with Crippen molar-refractivity contribution in [2.75, 3.05) is 6.54 Å². The molecule has 0 radical (unpaired) electrons. The Labute approximate surface area is 134 Å². The van der Waals surface area contributed by atoms with Gasteiger partial charge in [-0.1, -0.05) is 0 Å². The lowest BCUT2D eigenvalue weighted by molar-refractivity contribution is -0.158. The Hall–Kier alpha value is -2.15. The number of aromatic nitrogens is 3. The van der Waals surface area contributed by atoms with Crippen molar-refractivity contribution in [1.82, 2.24) is 19.9 Å². The van der Waals surface area contributed by atoms with Crippen LogP contribution in [0.2, 0.25) is 0 Å². The van der Waals surface area contributed by atoms with E-state index in [0.717, 1.165) is 12.1 Å². The van der Waals surface area contributed by atoms with Crippen LogP contribution in [0.4, 0.5) is 0 Å². The molecule has 23 heavy (non-hydrogen) atoms. The Balaban J connectivity index is 1.68. The normalized spacial score (nSPS) is 22.2. The average molecular weight is 318 g/mol. The van der Waals surface area contributed by atoms with Gasteiger partial charge in [0, 0.05) is 30.8 Å². The predicted molar refractivity (Wildman–Crippen MR) is 85.4 cm³/mol. The fourth-order valence-corrected chi connectivity index (χ4v) is 2.84. The summed E-state index contributed by atoms with van der Waals surface area (Å²) in [6, 6.07) is 3.04. The predicted octanol–water partition coefficient (Wildman–Crippen LogP) is 1.20. The molecule has 2 unspecified atom stereocenters. The van der Waals surface area contributed by atoms with Gasteiger partial charge in [-0.3, -0.25) is 14.7 Å². The third kappa shape index (κ3) is 3.44. The van der Waals surface area contributed by atoms with Crippen LogP contribution in [0.3, 0.4) is 0 Å². The first kappa shape index (κ1) is 15.7. The molecule has 1 fully saturated rings. The summed E-state index contributed by atoms with van der Waals surface area (Å²) in [5, 5.41) is 6.05. The van der Waals surface area contributed by atoms with E-state index in [1.165, 1.54) is 4.52 Å². The zero-order valence-electron chi connectivity index (χ0n) is 13.6. The number of esters is 1. The number of hydrogen-bond acceptors (Lipinski definition) is 5. The summed E-state index contributed by atoms with van der Waals surface area (Å²) in [5.74, 6) is -0.0913. The maximum atomic E-state index is 12.1. The van der Waals surface area contributed by atoms with E-state index in [1.54, 1.807) is 18.3 Å². The van der Waals surface area contributed by atoms with Crippen LogP contribution >= 0.6 is 0 Å². The molecule has 0 bridgehead atoms. The van der Waals surface area contributed by atoms with Gasteiger partial charge < -0.3 is 10.1 Å². The number of carbonyl (C=O) groups is 1. The number of hydrogen-bond donors (Lipinski definition) is 2. The molecule has 124 valence electrons. The van der Waals surface area contributed by atoms with Crippen molar-refractivity contribution in [3.8, 4) is 0 Å². The van der Waals surface area contributed by atoms with Crippen molar-refractivity contribution in [2.45, 2.75) is 51.2 Å². The number of nitrogens with zero attached hydrogens (tertiary/aromatic N) is 2. The highest BCUT2D eigenvalue weighted by molar-refractivity contribution is 5.76. The molecule has 1 aliphatic heterocycles. The number of rotatable bonds is 2. The second-order valence-corrected chi connectivity index (χ2v) is 6.94. The topological polar surface area (TPSA) is 88.5 Å². The zero-order valence-corrected chi connectivity index (χ0v) is 13.6. The van der Waals surface area contributed by atoms with Gasteiger partial charge >= 0.3 is 5.97 Å². The van der Waals surface area contributed by atoms with Crippen molar-refractivity contribution in [3.63, 3.8) is 0 Å². The van der Waals surface area contributed by atoms with E-state index in [-0.39, 0.29) is 23.5 Å². The van der Waals surface area contributed by atoms with Crippen LogP contribution in [0.1, 0.15) is 45.2 Å². The quantitative estimate of drug-likeness (QED) is 0.812. The molecule has 1 saturated heterocycles. The average Bonchev–Trinajstić information content (AvgIpc) is 2.94. The highest BCUT2D eigenvalue weighted by atomic mass is 16.6. The molecule has 0 aromatic carbocycles. The van der Waals surface area contributed by atoms with Crippen LogP contribution in [0.25, 0.3) is 5.65 Å². The van der Waals surface area contributed by atoms with E-state index in [2.05, 4.69) is 15.4 Å².